The predicted molar refractivity (Wildman–Crippen MR) is 125 cm³/mol. The lowest BCUT2D eigenvalue weighted by Crippen LogP contribution is -2.46. The van der Waals surface area contributed by atoms with Crippen molar-refractivity contribution in [3.63, 3.8) is 0 Å². The summed E-state index contributed by atoms with van der Waals surface area (Å²) in [6, 6.07) is 5.54. The van der Waals surface area contributed by atoms with Crippen molar-refractivity contribution in [3.05, 3.63) is 40.2 Å². The number of likely N-dealkylation sites (tertiary alicyclic amines) is 1. The van der Waals surface area contributed by atoms with Crippen LogP contribution in [0, 0.1) is 12.8 Å². The van der Waals surface area contributed by atoms with E-state index in [9.17, 15) is 14.4 Å². The number of piperidine rings is 1. The molecule has 172 valence electrons. The number of aromatic nitrogens is 1. The Morgan fingerprint density at radius 2 is 1.97 bits per heavy atom. The minimum Gasteiger partial charge on any atom is -0.444 e. The number of ether oxygens (including phenoxy) is 1. The van der Waals surface area contributed by atoms with Gasteiger partial charge >= 0.3 is 17.9 Å². The summed E-state index contributed by atoms with van der Waals surface area (Å²) in [5, 5.41) is 7.22. The third-order valence-electron chi connectivity index (χ3n) is 5.10. The first kappa shape index (κ1) is 23.7. The van der Waals surface area contributed by atoms with Crippen LogP contribution in [0.25, 0.3) is 0 Å². The minimum absolute atomic E-state index is 0.0790. The van der Waals surface area contributed by atoms with E-state index in [0.717, 1.165) is 17.7 Å². The summed E-state index contributed by atoms with van der Waals surface area (Å²) in [5.41, 5.74) is 0.386. The molecule has 8 nitrogen and oxygen atoms in total. The monoisotopic (exact) mass is 458 g/mol. The van der Waals surface area contributed by atoms with E-state index in [-0.39, 0.29) is 6.04 Å². The van der Waals surface area contributed by atoms with Gasteiger partial charge in [-0.1, -0.05) is 13.0 Å². The summed E-state index contributed by atoms with van der Waals surface area (Å²) in [6.07, 6.45) is 2.65. The number of nitrogens with one attached hydrogen (secondary N) is 2. The van der Waals surface area contributed by atoms with Crippen LogP contribution in [-0.2, 0) is 14.3 Å². The highest BCUT2D eigenvalue weighted by atomic mass is 32.1. The first-order valence-electron chi connectivity index (χ1n) is 10.7. The third-order valence-corrected chi connectivity index (χ3v) is 6.07. The van der Waals surface area contributed by atoms with Crippen LogP contribution in [0.1, 0.15) is 57.0 Å². The van der Waals surface area contributed by atoms with Crippen LogP contribution in [0.15, 0.2) is 29.8 Å². The maximum Gasteiger partial charge on any atom is 0.413 e. The zero-order chi connectivity index (χ0) is 23.5. The molecule has 1 aliphatic rings. The van der Waals surface area contributed by atoms with Gasteiger partial charge in [-0.15, -0.1) is 11.3 Å². The number of aryl methyl sites for hydroxylation is 1. The van der Waals surface area contributed by atoms with Crippen LogP contribution < -0.4 is 10.6 Å². The van der Waals surface area contributed by atoms with Gasteiger partial charge in [-0.2, -0.15) is 0 Å². The maximum absolute atomic E-state index is 13.0. The number of pyridine rings is 1. The smallest absolute Gasteiger partial charge is 0.413 e. The number of hydrogen-bond donors (Lipinski definition) is 2. The van der Waals surface area contributed by atoms with E-state index < -0.39 is 23.5 Å². The Hall–Kier alpha value is -2.94. The number of hydrogen-bond acceptors (Lipinski definition) is 6. The van der Waals surface area contributed by atoms with Crippen LogP contribution in [0.4, 0.5) is 16.3 Å². The molecule has 3 amide bonds. The molecule has 1 fully saturated rings. The molecule has 0 aliphatic carbocycles. The molecule has 2 atom stereocenters. The molecular formula is C23H30N4O4S. The van der Waals surface area contributed by atoms with Crippen molar-refractivity contribution in [2.45, 2.75) is 59.1 Å². The van der Waals surface area contributed by atoms with Gasteiger partial charge in [0.05, 0.1) is 17.9 Å². The Kier molecular flexibility index (Phi) is 7.18. The van der Waals surface area contributed by atoms with Crippen molar-refractivity contribution in [2.75, 3.05) is 17.2 Å². The number of thiophene rings is 1. The minimum atomic E-state index is -0.699. The van der Waals surface area contributed by atoms with E-state index in [1.807, 2.05) is 17.5 Å². The second kappa shape index (κ2) is 9.68. The Bertz CT molecular complexity index is 984. The Morgan fingerprint density at radius 3 is 2.59 bits per heavy atom. The normalized spacial score (nSPS) is 18.7. The van der Waals surface area contributed by atoms with Crippen LogP contribution in [0.3, 0.4) is 0 Å². The lowest BCUT2D eigenvalue weighted by Gasteiger charge is -2.37. The first-order chi connectivity index (χ1) is 15.0. The summed E-state index contributed by atoms with van der Waals surface area (Å²) in [5.74, 6) is -0.588. The lowest BCUT2D eigenvalue weighted by atomic mass is 9.93. The second-order valence-corrected chi connectivity index (χ2v) is 10.1. The standard InChI is InChI=1S/C23H30N4O4S/c1-14-8-9-17(18-7-6-10-32-18)27(13-14)21(29)20(28)25-16-11-15(2)19(24-12-16)26-22(30)31-23(3,4)5/h6-7,10-12,14,17H,8-9,13H2,1-5H3,(H,25,28)(H,24,26,30). The summed E-state index contributed by atoms with van der Waals surface area (Å²) < 4.78 is 5.23. The molecule has 32 heavy (non-hydrogen) atoms. The highest BCUT2D eigenvalue weighted by molar-refractivity contribution is 7.10. The molecule has 0 spiro atoms. The number of carbonyl (C=O) groups is 3. The van der Waals surface area contributed by atoms with Gasteiger partial charge in [0.25, 0.3) is 0 Å². The van der Waals surface area contributed by atoms with Gasteiger partial charge in [-0.3, -0.25) is 14.9 Å². The number of nitrogens with zero attached hydrogens (tertiary/aromatic N) is 2. The molecule has 1 saturated heterocycles. The van der Waals surface area contributed by atoms with Gasteiger partial charge in [0.15, 0.2) is 0 Å². The lowest BCUT2D eigenvalue weighted by molar-refractivity contribution is -0.146. The number of amides is 3. The fraction of sp³-hybridized carbons (Fsp3) is 0.478. The molecule has 1 aliphatic heterocycles. The van der Waals surface area contributed by atoms with E-state index in [1.165, 1.54) is 6.20 Å². The number of rotatable bonds is 3. The highest BCUT2D eigenvalue weighted by Crippen LogP contribution is 2.35. The van der Waals surface area contributed by atoms with E-state index in [2.05, 4.69) is 22.5 Å². The summed E-state index contributed by atoms with van der Waals surface area (Å²) in [7, 11) is 0. The Morgan fingerprint density at radius 1 is 1.22 bits per heavy atom. The molecule has 3 rings (SSSR count). The van der Waals surface area contributed by atoms with Gasteiger partial charge in [0, 0.05) is 11.4 Å². The topological polar surface area (TPSA) is 101 Å². The zero-order valence-corrected chi connectivity index (χ0v) is 19.9. The summed E-state index contributed by atoms with van der Waals surface area (Å²) >= 11 is 1.60. The van der Waals surface area contributed by atoms with Crippen molar-refractivity contribution in [1.29, 1.82) is 0 Å². The maximum atomic E-state index is 13.0. The van der Waals surface area contributed by atoms with Crippen molar-refractivity contribution < 1.29 is 19.1 Å². The fourth-order valence-electron chi connectivity index (χ4n) is 3.64. The second-order valence-electron chi connectivity index (χ2n) is 9.14. The van der Waals surface area contributed by atoms with Crippen LogP contribution >= 0.6 is 11.3 Å². The molecule has 2 N–H and O–H groups in total. The van der Waals surface area contributed by atoms with Gasteiger partial charge in [0.2, 0.25) is 0 Å². The quantitative estimate of drug-likeness (QED) is 0.647. The average Bonchev–Trinajstić information content (AvgIpc) is 3.22. The van der Waals surface area contributed by atoms with Gasteiger partial charge in [-0.25, -0.2) is 9.78 Å². The van der Waals surface area contributed by atoms with Crippen LogP contribution in [0.5, 0.6) is 0 Å². The number of carbonyl (C=O) groups excluding carboxylic acids is 3. The zero-order valence-electron chi connectivity index (χ0n) is 19.1. The van der Waals surface area contributed by atoms with E-state index in [0.29, 0.717) is 29.5 Å². The SMILES string of the molecule is Cc1cc(NC(=O)C(=O)N2CC(C)CCC2c2cccs2)cnc1NC(=O)OC(C)(C)C. The van der Waals surface area contributed by atoms with E-state index >= 15 is 0 Å². The summed E-state index contributed by atoms with van der Waals surface area (Å²) in [6.45, 7) is 9.70. The van der Waals surface area contributed by atoms with Crippen LogP contribution in [0.2, 0.25) is 0 Å². The molecule has 3 heterocycles. The molecule has 9 heteroatoms. The Labute approximate surface area is 192 Å². The average molecular weight is 459 g/mol. The van der Waals surface area contributed by atoms with E-state index in [1.54, 1.807) is 50.0 Å². The van der Waals surface area contributed by atoms with Crippen LogP contribution in [-0.4, -0.2) is 39.9 Å². The van der Waals surface area contributed by atoms with Crippen molar-refractivity contribution in [3.8, 4) is 0 Å². The largest absolute Gasteiger partial charge is 0.444 e. The molecule has 0 radical (unpaired) electrons. The molecule has 2 aromatic heterocycles. The van der Waals surface area contributed by atoms with Gasteiger partial charge in [0.1, 0.15) is 11.4 Å². The molecule has 2 aromatic rings. The van der Waals surface area contributed by atoms with Crippen molar-refractivity contribution in [2.24, 2.45) is 5.92 Å². The molecule has 2 unspecified atom stereocenters. The van der Waals surface area contributed by atoms with E-state index in [4.69, 9.17) is 4.74 Å². The first-order valence-corrected chi connectivity index (χ1v) is 11.5. The molecule has 0 aromatic carbocycles. The van der Waals surface area contributed by atoms with Crippen molar-refractivity contribution in [1.82, 2.24) is 9.88 Å². The Balaban J connectivity index is 1.67. The highest BCUT2D eigenvalue weighted by Gasteiger charge is 2.34. The number of anilines is 2. The third kappa shape index (κ3) is 6.06. The fourth-order valence-corrected chi connectivity index (χ4v) is 4.52. The molecule has 0 saturated carbocycles. The van der Waals surface area contributed by atoms with Crippen molar-refractivity contribution >= 4 is 40.7 Å². The van der Waals surface area contributed by atoms with Gasteiger partial charge in [-0.05, 0) is 69.5 Å². The molecular weight excluding hydrogens is 428 g/mol. The summed E-state index contributed by atoms with van der Waals surface area (Å²) in [4.78, 5) is 44.7. The predicted octanol–water partition coefficient (Wildman–Crippen LogP) is 4.74. The molecule has 0 bridgehead atoms. The van der Waals surface area contributed by atoms with Gasteiger partial charge < -0.3 is 15.0 Å².